The third-order valence-electron chi connectivity index (χ3n) is 3.42. The SMILES string of the molecule is Cc1cc(CNC(=O)C[C@@H](CC(=O)O)c2cccs2)c(C)o1. The first-order chi connectivity index (χ1) is 10.5. The second-order valence-electron chi connectivity index (χ2n) is 5.23. The fourth-order valence-electron chi connectivity index (χ4n) is 2.36. The number of nitrogens with one attached hydrogen (secondary N) is 1. The molecule has 0 aliphatic rings. The second-order valence-corrected chi connectivity index (χ2v) is 6.21. The van der Waals surface area contributed by atoms with E-state index in [4.69, 9.17) is 9.52 Å². The molecule has 0 aliphatic carbocycles. The van der Waals surface area contributed by atoms with E-state index in [2.05, 4.69) is 5.32 Å². The fourth-order valence-corrected chi connectivity index (χ4v) is 3.19. The molecule has 0 saturated carbocycles. The molecule has 2 heterocycles. The fraction of sp³-hybridized carbons (Fsp3) is 0.375. The van der Waals surface area contributed by atoms with Crippen molar-refractivity contribution in [3.63, 3.8) is 0 Å². The van der Waals surface area contributed by atoms with Gasteiger partial charge in [0.2, 0.25) is 5.91 Å². The van der Waals surface area contributed by atoms with Crippen LogP contribution >= 0.6 is 11.3 Å². The number of carbonyl (C=O) groups is 2. The van der Waals surface area contributed by atoms with E-state index in [-0.39, 0.29) is 24.7 Å². The van der Waals surface area contributed by atoms with Crippen LogP contribution in [0.4, 0.5) is 0 Å². The first-order valence-corrected chi connectivity index (χ1v) is 7.91. The highest BCUT2D eigenvalue weighted by Crippen LogP contribution is 2.27. The van der Waals surface area contributed by atoms with E-state index in [1.807, 2.05) is 37.4 Å². The number of carbonyl (C=O) groups excluding carboxylic acids is 1. The van der Waals surface area contributed by atoms with Gasteiger partial charge in [0.25, 0.3) is 0 Å². The number of carboxylic acid groups (broad SMARTS) is 1. The minimum absolute atomic E-state index is 0.0439. The molecule has 1 atom stereocenters. The maximum absolute atomic E-state index is 12.1. The van der Waals surface area contributed by atoms with E-state index in [0.717, 1.165) is 22.0 Å². The van der Waals surface area contributed by atoms with Crippen molar-refractivity contribution in [2.75, 3.05) is 0 Å². The van der Waals surface area contributed by atoms with Gasteiger partial charge in [-0.2, -0.15) is 0 Å². The average molecular weight is 321 g/mol. The molecular formula is C16H19NO4S. The molecule has 0 aliphatic heterocycles. The minimum atomic E-state index is -0.896. The molecule has 2 N–H and O–H groups in total. The highest BCUT2D eigenvalue weighted by molar-refractivity contribution is 7.10. The molecule has 22 heavy (non-hydrogen) atoms. The van der Waals surface area contributed by atoms with Gasteiger partial charge in [0, 0.05) is 29.3 Å². The van der Waals surface area contributed by atoms with Crippen LogP contribution in [0.1, 0.15) is 40.7 Å². The molecule has 2 rings (SSSR count). The number of thiophene rings is 1. The molecule has 6 heteroatoms. The topological polar surface area (TPSA) is 79.5 Å². The summed E-state index contributed by atoms with van der Waals surface area (Å²) >= 11 is 1.48. The van der Waals surface area contributed by atoms with Gasteiger partial charge >= 0.3 is 5.97 Å². The summed E-state index contributed by atoms with van der Waals surface area (Å²) in [6, 6.07) is 5.63. The summed E-state index contributed by atoms with van der Waals surface area (Å²) in [5, 5.41) is 13.7. The molecule has 0 saturated heterocycles. The van der Waals surface area contributed by atoms with Crippen molar-refractivity contribution in [3.05, 3.63) is 45.5 Å². The molecule has 0 aromatic carbocycles. The Labute approximate surface area is 133 Å². The van der Waals surface area contributed by atoms with E-state index in [9.17, 15) is 9.59 Å². The van der Waals surface area contributed by atoms with Crippen molar-refractivity contribution in [2.24, 2.45) is 0 Å². The summed E-state index contributed by atoms with van der Waals surface area (Å²) in [5.41, 5.74) is 0.941. The molecule has 2 aromatic heterocycles. The normalized spacial score (nSPS) is 12.1. The van der Waals surface area contributed by atoms with Crippen LogP contribution in [0, 0.1) is 13.8 Å². The molecule has 0 unspecified atom stereocenters. The minimum Gasteiger partial charge on any atom is -0.481 e. The van der Waals surface area contributed by atoms with E-state index in [1.54, 1.807) is 0 Å². The highest BCUT2D eigenvalue weighted by Gasteiger charge is 2.20. The molecule has 0 fully saturated rings. The Bertz CT molecular complexity index is 645. The van der Waals surface area contributed by atoms with Crippen molar-refractivity contribution in [3.8, 4) is 0 Å². The zero-order valence-electron chi connectivity index (χ0n) is 12.6. The number of hydrogen-bond acceptors (Lipinski definition) is 4. The maximum Gasteiger partial charge on any atom is 0.304 e. The predicted molar refractivity (Wildman–Crippen MR) is 84.0 cm³/mol. The number of aryl methyl sites for hydroxylation is 2. The smallest absolute Gasteiger partial charge is 0.304 e. The Balaban J connectivity index is 1.93. The Morgan fingerprint density at radius 1 is 1.36 bits per heavy atom. The van der Waals surface area contributed by atoms with Crippen molar-refractivity contribution >= 4 is 23.2 Å². The number of carboxylic acids is 1. The van der Waals surface area contributed by atoms with E-state index < -0.39 is 5.97 Å². The van der Waals surface area contributed by atoms with Crippen molar-refractivity contribution < 1.29 is 19.1 Å². The molecular weight excluding hydrogens is 302 g/mol. The Kier molecular flexibility index (Phi) is 5.38. The summed E-state index contributed by atoms with van der Waals surface area (Å²) in [7, 11) is 0. The summed E-state index contributed by atoms with van der Waals surface area (Å²) in [6.07, 6.45) is 0.125. The van der Waals surface area contributed by atoms with Crippen LogP contribution in [0.3, 0.4) is 0 Å². The van der Waals surface area contributed by atoms with Gasteiger partial charge in [0.15, 0.2) is 0 Å². The summed E-state index contributed by atoms with van der Waals surface area (Å²) < 4.78 is 5.41. The van der Waals surface area contributed by atoms with Crippen LogP contribution in [-0.4, -0.2) is 17.0 Å². The van der Waals surface area contributed by atoms with Crippen LogP contribution in [-0.2, 0) is 16.1 Å². The molecule has 0 radical (unpaired) electrons. The number of furan rings is 1. The van der Waals surface area contributed by atoms with Crippen LogP contribution in [0.2, 0.25) is 0 Å². The highest BCUT2D eigenvalue weighted by atomic mass is 32.1. The molecule has 1 amide bonds. The molecule has 0 spiro atoms. The van der Waals surface area contributed by atoms with E-state index >= 15 is 0 Å². The first-order valence-electron chi connectivity index (χ1n) is 7.03. The van der Waals surface area contributed by atoms with Gasteiger partial charge in [-0.05, 0) is 31.4 Å². The quantitative estimate of drug-likeness (QED) is 0.820. The summed E-state index contributed by atoms with van der Waals surface area (Å²) in [4.78, 5) is 24.0. The lowest BCUT2D eigenvalue weighted by Crippen LogP contribution is -2.25. The van der Waals surface area contributed by atoms with Crippen molar-refractivity contribution in [1.29, 1.82) is 0 Å². The van der Waals surface area contributed by atoms with Crippen molar-refractivity contribution in [1.82, 2.24) is 5.32 Å². The molecule has 5 nitrogen and oxygen atoms in total. The Morgan fingerprint density at radius 3 is 2.68 bits per heavy atom. The van der Waals surface area contributed by atoms with Crippen molar-refractivity contribution in [2.45, 2.75) is 39.2 Å². The Hall–Kier alpha value is -2.08. The van der Waals surface area contributed by atoms with Gasteiger partial charge in [-0.15, -0.1) is 11.3 Å². The lowest BCUT2D eigenvalue weighted by molar-refractivity contribution is -0.137. The van der Waals surface area contributed by atoms with Crippen LogP contribution in [0.15, 0.2) is 28.0 Å². The predicted octanol–water partition coefficient (Wildman–Crippen LogP) is 3.22. The number of rotatable bonds is 7. The monoisotopic (exact) mass is 321 g/mol. The zero-order valence-corrected chi connectivity index (χ0v) is 13.4. The van der Waals surface area contributed by atoms with Crippen LogP contribution < -0.4 is 5.32 Å². The lowest BCUT2D eigenvalue weighted by Gasteiger charge is -2.13. The zero-order chi connectivity index (χ0) is 16.1. The number of amides is 1. The first kappa shape index (κ1) is 16.3. The van der Waals surface area contributed by atoms with Gasteiger partial charge in [-0.25, -0.2) is 0 Å². The summed E-state index contributed by atoms with van der Waals surface area (Å²) in [5.74, 6) is 0.261. The van der Waals surface area contributed by atoms with Gasteiger partial charge in [-0.1, -0.05) is 6.07 Å². The van der Waals surface area contributed by atoms with E-state index in [0.29, 0.717) is 6.54 Å². The third kappa shape index (κ3) is 4.46. The number of hydrogen-bond donors (Lipinski definition) is 2. The molecule has 118 valence electrons. The third-order valence-corrected chi connectivity index (χ3v) is 4.45. The second kappa shape index (κ2) is 7.26. The van der Waals surface area contributed by atoms with Gasteiger partial charge in [0.05, 0.1) is 6.42 Å². The lowest BCUT2D eigenvalue weighted by atomic mass is 9.99. The molecule has 2 aromatic rings. The maximum atomic E-state index is 12.1. The number of aliphatic carboxylic acids is 1. The van der Waals surface area contributed by atoms with Gasteiger partial charge in [0.1, 0.15) is 11.5 Å². The van der Waals surface area contributed by atoms with E-state index in [1.165, 1.54) is 11.3 Å². The average Bonchev–Trinajstić information content (AvgIpc) is 3.05. The standard InChI is InChI=1S/C16H19NO4S/c1-10-6-13(11(2)21-10)9-17-15(18)7-12(8-16(19)20)14-4-3-5-22-14/h3-6,12H,7-9H2,1-2H3,(H,17,18)(H,19,20)/t12-/m0/s1. The van der Waals surface area contributed by atoms with Gasteiger partial charge in [-0.3, -0.25) is 9.59 Å². The largest absolute Gasteiger partial charge is 0.481 e. The Morgan fingerprint density at radius 2 is 2.14 bits per heavy atom. The van der Waals surface area contributed by atoms with Crippen LogP contribution in [0.5, 0.6) is 0 Å². The van der Waals surface area contributed by atoms with Gasteiger partial charge < -0.3 is 14.8 Å². The molecule has 0 bridgehead atoms. The van der Waals surface area contributed by atoms with Crippen LogP contribution in [0.25, 0.3) is 0 Å². The summed E-state index contributed by atoms with van der Waals surface area (Å²) in [6.45, 7) is 4.11.